The molecule has 0 N–H and O–H groups in total. The number of nitro groups is 1. The third-order valence-electron chi connectivity index (χ3n) is 6.07. The maximum absolute atomic E-state index is 12.6. The summed E-state index contributed by atoms with van der Waals surface area (Å²) in [6.45, 7) is 1.83. The van der Waals surface area contributed by atoms with Crippen molar-refractivity contribution in [3.8, 4) is 11.3 Å². The number of aryl methyl sites for hydroxylation is 1. The van der Waals surface area contributed by atoms with Gasteiger partial charge >= 0.3 is 0 Å². The molecule has 1 saturated heterocycles. The summed E-state index contributed by atoms with van der Waals surface area (Å²) in [5, 5.41) is 16.1. The molecule has 0 spiro atoms. The Hall–Kier alpha value is -3.55. The lowest BCUT2D eigenvalue weighted by Gasteiger charge is -2.13. The van der Waals surface area contributed by atoms with Gasteiger partial charge in [-0.25, -0.2) is 0 Å². The number of nitro benzene ring substituents is 1. The molecule has 4 unspecified atom stereocenters. The first kappa shape index (κ1) is 17.5. The third kappa shape index (κ3) is 2.63. The van der Waals surface area contributed by atoms with Crippen LogP contribution < -0.4 is 0 Å². The summed E-state index contributed by atoms with van der Waals surface area (Å²) in [7, 11) is 0. The van der Waals surface area contributed by atoms with Crippen molar-refractivity contribution in [2.24, 2.45) is 28.8 Å². The van der Waals surface area contributed by atoms with E-state index in [0.717, 1.165) is 17.0 Å². The Morgan fingerprint density at radius 2 is 1.83 bits per heavy atom. The van der Waals surface area contributed by atoms with Gasteiger partial charge in [0.2, 0.25) is 0 Å². The van der Waals surface area contributed by atoms with E-state index in [-0.39, 0.29) is 41.2 Å². The molecule has 146 valence electrons. The van der Waals surface area contributed by atoms with Crippen LogP contribution in [-0.2, 0) is 9.59 Å². The minimum absolute atomic E-state index is 0.0275. The number of amides is 2. The first-order valence-corrected chi connectivity index (χ1v) is 9.39. The van der Waals surface area contributed by atoms with Crippen LogP contribution in [0.4, 0.5) is 5.69 Å². The molecule has 1 aromatic carbocycles. The zero-order valence-electron chi connectivity index (χ0n) is 15.5. The molecule has 4 atom stereocenters. The minimum atomic E-state index is -0.461. The molecule has 2 heterocycles. The molecule has 1 aromatic heterocycles. The maximum atomic E-state index is 12.6. The molecule has 2 aliphatic carbocycles. The second-order valence-corrected chi connectivity index (χ2v) is 7.69. The van der Waals surface area contributed by atoms with Crippen molar-refractivity contribution in [1.82, 2.24) is 5.01 Å². The van der Waals surface area contributed by atoms with Crippen LogP contribution in [0.5, 0.6) is 0 Å². The fourth-order valence-electron chi connectivity index (χ4n) is 4.67. The Bertz CT molecular complexity index is 1090. The SMILES string of the molecule is Cc1ccc([N+](=O)[O-])cc1-c1ccc(/C=N/N2C(=O)C3C4C=CC(C4)C3C2=O)o1. The summed E-state index contributed by atoms with van der Waals surface area (Å²) in [4.78, 5) is 35.9. The van der Waals surface area contributed by atoms with Crippen molar-refractivity contribution < 1.29 is 18.9 Å². The summed E-state index contributed by atoms with van der Waals surface area (Å²) in [5.41, 5.74) is 1.40. The highest BCUT2D eigenvalue weighted by molar-refractivity contribution is 6.06. The van der Waals surface area contributed by atoms with E-state index >= 15 is 0 Å². The van der Waals surface area contributed by atoms with E-state index in [9.17, 15) is 19.7 Å². The van der Waals surface area contributed by atoms with Gasteiger partial charge in [-0.3, -0.25) is 19.7 Å². The van der Waals surface area contributed by atoms with E-state index in [1.54, 1.807) is 18.2 Å². The molecule has 3 aliphatic rings. The summed E-state index contributed by atoms with van der Waals surface area (Å²) in [6.07, 6.45) is 6.27. The van der Waals surface area contributed by atoms with Gasteiger partial charge in [0, 0.05) is 17.7 Å². The average Bonchev–Trinajstić information content (AvgIpc) is 3.46. The second-order valence-electron chi connectivity index (χ2n) is 7.69. The molecule has 0 radical (unpaired) electrons. The highest BCUT2D eigenvalue weighted by Crippen LogP contribution is 2.52. The topological polar surface area (TPSA) is 106 Å². The van der Waals surface area contributed by atoms with E-state index in [1.165, 1.54) is 18.3 Å². The number of imide groups is 1. The number of fused-ring (bicyclic) bond motifs is 5. The van der Waals surface area contributed by atoms with Gasteiger partial charge in [-0.15, -0.1) is 0 Å². The number of non-ortho nitro benzene ring substituents is 1. The first-order valence-electron chi connectivity index (χ1n) is 9.39. The minimum Gasteiger partial charge on any atom is -0.455 e. The smallest absolute Gasteiger partial charge is 0.270 e. The molecule has 2 bridgehead atoms. The van der Waals surface area contributed by atoms with E-state index in [0.29, 0.717) is 17.1 Å². The number of hydrogen-bond donors (Lipinski definition) is 0. The van der Waals surface area contributed by atoms with E-state index in [2.05, 4.69) is 5.10 Å². The van der Waals surface area contributed by atoms with Crippen molar-refractivity contribution in [3.05, 3.63) is 63.9 Å². The number of benzene rings is 1. The molecule has 29 heavy (non-hydrogen) atoms. The molecule has 1 aliphatic heterocycles. The molecule has 8 nitrogen and oxygen atoms in total. The number of furan rings is 1. The molecule has 8 heteroatoms. The molecule has 5 rings (SSSR count). The maximum Gasteiger partial charge on any atom is 0.270 e. The quantitative estimate of drug-likeness (QED) is 0.261. The lowest BCUT2D eigenvalue weighted by molar-refractivity contribution is -0.384. The van der Waals surface area contributed by atoms with Crippen LogP contribution in [0.25, 0.3) is 11.3 Å². The number of nitrogens with zero attached hydrogens (tertiary/aromatic N) is 3. The van der Waals surface area contributed by atoms with Crippen molar-refractivity contribution in [3.63, 3.8) is 0 Å². The summed E-state index contributed by atoms with van der Waals surface area (Å²) >= 11 is 0. The zero-order valence-corrected chi connectivity index (χ0v) is 15.5. The van der Waals surface area contributed by atoms with E-state index in [1.807, 2.05) is 19.1 Å². The lowest BCUT2D eigenvalue weighted by Crippen LogP contribution is -2.28. The third-order valence-corrected chi connectivity index (χ3v) is 6.07. The molecule has 1 saturated carbocycles. The number of hydrazone groups is 1. The predicted molar refractivity (Wildman–Crippen MR) is 103 cm³/mol. The lowest BCUT2D eigenvalue weighted by atomic mass is 9.85. The Kier molecular flexibility index (Phi) is 3.77. The van der Waals surface area contributed by atoms with Crippen LogP contribution in [0.3, 0.4) is 0 Å². The van der Waals surface area contributed by atoms with Gasteiger partial charge in [0.15, 0.2) is 0 Å². The highest BCUT2D eigenvalue weighted by atomic mass is 16.6. The Morgan fingerprint density at radius 1 is 1.14 bits per heavy atom. The fraction of sp³-hybridized carbons (Fsp3) is 0.286. The Labute approximate surface area is 165 Å². The van der Waals surface area contributed by atoms with Crippen LogP contribution in [0, 0.1) is 40.7 Å². The highest BCUT2D eigenvalue weighted by Gasteiger charge is 2.59. The van der Waals surface area contributed by atoms with Gasteiger partial charge in [0.25, 0.3) is 17.5 Å². The van der Waals surface area contributed by atoms with E-state index < -0.39 is 4.92 Å². The number of carbonyl (C=O) groups excluding carboxylic acids is 2. The van der Waals surface area contributed by atoms with Crippen LogP contribution in [0.1, 0.15) is 17.7 Å². The van der Waals surface area contributed by atoms with Gasteiger partial charge < -0.3 is 4.42 Å². The average molecular weight is 391 g/mol. The van der Waals surface area contributed by atoms with E-state index in [4.69, 9.17) is 4.42 Å². The van der Waals surface area contributed by atoms with Crippen LogP contribution in [0.2, 0.25) is 0 Å². The number of hydrogen-bond acceptors (Lipinski definition) is 6. The molecule has 2 amide bonds. The normalized spacial score (nSPS) is 27.4. The summed E-state index contributed by atoms with van der Waals surface area (Å²) in [6, 6.07) is 7.88. The standard InChI is InChI=1S/C21H17N3O5/c1-11-2-5-14(24(27)28)9-16(11)17-7-6-15(29-17)10-22-23-20(25)18-12-3-4-13(8-12)19(18)21(23)26/h2-7,9-10,12-13,18-19H,8H2,1H3/b22-10+. The summed E-state index contributed by atoms with van der Waals surface area (Å²) < 4.78 is 5.73. The van der Waals surface area contributed by atoms with Crippen molar-refractivity contribution in [2.75, 3.05) is 0 Å². The largest absolute Gasteiger partial charge is 0.455 e. The zero-order chi connectivity index (χ0) is 20.3. The summed E-state index contributed by atoms with van der Waals surface area (Å²) in [5.74, 6) is -0.0367. The van der Waals surface area contributed by atoms with Gasteiger partial charge in [0.1, 0.15) is 11.5 Å². The number of allylic oxidation sites excluding steroid dienone is 2. The van der Waals surface area contributed by atoms with Gasteiger partial charge in [0.05, 0.1) is 23.0 Å². The monoisotopic (exact) mass is 391 g/mol. The van der Waals surface area contributed by atoms with Crippen LogP contribution in [0.15, 0.2) is 52.0 Å². The van der Waals surface area contributed by atoms with Gasteiger partial charge in [-0.1, -0.05) is 18.2 Å². The first-order chi connectivity index (χ1) is 13.9. The van der Waals surface area contributed by atoms with Crippen molar-refractivity contribution in [2.45, 2.75) is 13.3 Å². The second kappa shape index (κ2) is 6.23. The Morgan fingerprint density at radius 3 is 2.48 bits per heavy atom. The van der Waals surface area contributed by atoms with Crippen molar-refractivity contribution >= 4 is 23.7 Å². The number of carbonyl (C=O) groups is 2. The molecule has 2 fully saturated rings. The Balaban J connectivity index is 1.38. The molecular formula is C21H17N3O5. The van der Waals surface area contributed by atoms with Crippen LogP contribution >= 0.6 is 0 Å². The molecular weight excluding hydrogens is 374 g/mol. The van der Waals surface area contributed by atoms with Crippen molar-refractivity contribution in [1.29, 1.82) is 0 Å². The van der Waals surface area contributed by atoms with Gasteiger partial charge in [-0.05, 0) is 42.9 Å². The fourth-order valence-corrected chi connectivity index (χ4v) is 4.67. The predicted octanol–water partition coefficient (Wildman–Crippen LogP) is 3.30. The molecule has 2 aromatic rings. The van der Waals surface area contributed by atoms with Gasteiger partial charge in [-0.2, -0.15) is 10.1 Å². The van der Waals surface area contributed by atoms with Crippen LogP contribution in [-0.4, -0.2) is 28.0 Å². The number of rotatable bonds is 4.